The van der Waals surface area contributed by atoms with Gasteiger partial charge in [0.05, 0.1) is 12.6 Å². The van der Waals surface area contributed by atoms with Gasteiger partial charge in [0.2, 0.25) is 11.8 Å². The van der Waals surface area contributed by atoms with E-state index in [1.54, 1.807) is 24.3 Å². The standard InChI is InChI=1S/C17H21N3O4/c18-9-13-5-6-14(24-13)17(23)19-12-3-1-11(2-4-12)10-20-15(21)7-8-16(20)22/h1-4,13-14H,5-10,18H2,(H,19,23)/t13-,14+/m1/s1. The van der Waals surface area contributed by atoms with Crippen molar-refractivity contribution in [3.8, 4) is 0 Å². The van der Waals surface area contributed by atoms with Gasteiger partial charge in [0.25, 0.3) is 5.91 Å². The smallest absolute Gasteiger partial charge is 0.253 e. The molecular formula is C17H21N3O4. The molecule has 0 unspecified atom stereocenters. The van der Waals surface area contributed by atoms with Crippen LogP contribution in [0.5, 0.6) is 0 Å². The SMILES string of the molecule is NC[C@H]1CC[C@@H](C(=O)Nc2ccc(CN3C(=O)CCC3=O)cc2)O1. The number of nitrogens with one attached hydrogen (secondary N) is 1. The first-order valence-electron chi connectivity index (χ1n) is 8.15. The molecule has 128 valence electrons. The van der Waals surface area contributed by atoms with Crippen LogP contribution in [0.2, 0.25) is 0 Å². The number of amides is 3. The molecule has 24 heavy (non-hydrogen) atoms. The van der Waals surface area contributed by atoms with Crippen LogP contribution in [0.25, 0.3) is 0 Å². The Hall–Kier alpha value is -2.25. The van der Waals surface area contributed by atoms with Gasteiger partial charge < -0.3 is 15.8 Å². The van der Waals surface area contributed by atoms with Gasteiger partial charge in [-0.1, -0.05) is 12.1 Å². The predicted octanol–water partition coefficient (Wildman–Crippen LogP) is 0.780. The molecule has 0 aliphatic carbocycles. The molecule has 3 N–H and O–H groups in total. The highest BCUT2D eigenvalue weighted by Gasteiger charge is 2.30. The lowest BCUT2D eigenvalue weighted by molar-refractivity contribution is -0.139. The van der Waals surface area contributed by atoms with E-state index in [4.69, 9.17) is 10.5 Å². The van der Waals surface area contributed by atoms with E-state index in [9.17, 15) is 14.4 Å². The van der Waals surface area contributed by atoms with Gasteiger partial charge in [0.1, 0.15) is 6.10 Å². The van der Waals surface area contributed by atoms with E-state index in [1.165, 1.54) is 4.90 Å². The normalized spacial score (nSPS) is 23.8. The molecule has 1 aromatic carbocycles. The molecule has 2 heterocycles. The van der Waals surface area contributed by atoms with E-state index in [-0.39, 0.29) is 43.2 Å². The van der Waals surface area contributed by atoms with E-state index < -0.39 is 6.10 Å². The van der Waals surface area contributed by atoms with E-state index in [1.807, 2.05) is 0 Å². The topological polar surface area (TPSA) is 102 Å². The van der Waals surface area contributed by atoms with Gasteiger partial charge in [-0.3, -0.25) is 19.3 Å². The number of benzene rings is 1. The summed E-state index contributed by atoms with van der Waals surface area (Å²) in [6.45, 7) is 0.697. The van der Waals surface area contributed by atoms with Crippen LogP contribution in [0.4, 0.5) is 5.69 Å². The van der Waals surface area contributed by atoms with Crippen LogP contribution in [-0.2, 0) is 25.7 Å². The Bertz CT molecular complexity index is 628. The predicted molar refractivity (Wildman–Crippen MR) is 86.8 cm³/mol. The maximum Gasteiger partial charge on any atom is 0.253 e. The molecule has 3 amide bonds. The quantitative estimate of drug-likeness (QED) is 0.776. The number of anilines is 1. The zero-order valence-corrected chi connectivity index (χ0v) is 13.4. The van der Waals surface area contributed by atoms with Crippen molar-refractivity contribution in [2.45, 2.75) is 44.4 Å². The molecule has 2 saturated heterocycles. The number of imide groups is 1. The zero-order chi connectivity index (χ0) is 17.1. The molecule has 7 heteroatoms. The van der Waals surface area contributed by atoms with Crippen molar-refractivity contribution in [2.24, 2.45) is 5.73 Å². The van der Waals surface area contributed by atoms with Crippen molar-refractivity contribution in [3.05, 3.63) is 29.8 Å². The third-order valence-corrected chi connectivity index (χ3v) is 4.38. The molecule has 2 aliphatic rings. The molecule has 1 aromatic rings. The van der Waals surface area contributed by atoms with Crippen LogP contribution in [0.3, 0.4) is 0 Å². The number of ether oxygens (including phenoxy) is 1. The van der Waals surface area contributed by atoms with Gasteiger partial charge in [0, 0.05) is 25.1 Å². The summed E-state index contributed by atoms with van der Waals surface area (Å²) >= 11 is 0. The molecule has 0 spiro atoms. The largest absolute Gasteiger partial charge is 0.364 e. The van der Waals surface area contributed by atoms with Crippen LogP contribution in [-0.4, -0.2) is 41.4 Å². The molecular weight excluding hydrogens is 310 g/mol. The van der Waals surface area contributed by atoms with E-state index >= 15 is 0 Å². The van der Waals surface area contributed by atoms with Crippen LogP contribution in [0, 0.1) is 0 Å². The Morgan fingerprint density at radius 2 is 1.83 bits per heavy atom. The fourth-order valence-electron chi connectivity index (χ4n) is 2.97. The van der Waals surface area contributed by atoms with Crippen molar-refractivity contribution >= 4 is 23.4 Å². The van der Waals surface area contributed by atoms with Crippen molar-refractivity contribution in [2.75, 3.05) is 11.9 Å². The Kier molecular flexibility index (Phi) is 4.92. The maximum atomic E-state index is 12.2. The van der Waals surface area contributed by atoms with Gasteiger partial charge in [-0.25, -0.2) is 0 Å². The highest BCUT2D eigenvalue weighted by Crippen LogP contribution is 2.21. The highest BCUT2D eigenvalue weighted by atomic mass is 16.5. The molecule has 2 fully saturated rings. The molecule has 0 radical (unpaired) electrons. The number of nitrogens with zero attached hydrogens (tertiary/aromatic N) is 1. The Labute approximate surface area is 140 Å². The molecule has 2 aliphatic heterocycles. The van der Waals surface area contributed by atoms with Crippen molar-refractivity contribution in [1.82, 2.24) is 4.90 Å². The number of carbonyl (C=O) groups excluding carboxylic acids is 3. The van der Waals surface area contributed by atoms with Gasteiger partial charge in [-0.05, 0) is 30.5 Å². The number of carbonyl (C=O) groups is 3. The second-order valence-corrected chi connectivity index (χ2v) is 6.12. The van der Waals surface area contributed by atoms with E-state index in [2.05, 4.69) is 5.32 Å². The van der Waals surface area contributed by atoms with E-state index in [0.29, 0.717) is 18.7 Å². The third-order valence-electron chi connectivity index (χ3n) is 4.38. The molecule has 3 rings (SSSR count). The Morgan fingerprint density at radius 1 is 1.17 bits per heavy atom. The van der Waals surface area contributed by atoms with Crippen molar-refractivity contribution in [3.63, 3.8) is 0 Å². The Balaban J connectivity index is 1.56. The molecule has 0 bridgehead atoms. The Morgan fingerprint density at radius 3 is 2.42 bits per heavy atom. The number of likely N-dealkylation sites (tertiary alicyclic amines) is 1. The van der Waals surface area contributed by atoms with Crippen LogP contribution < -0.4 is 11.1 Å². The van der Waals surface area contributed by atoms with Gasteiger partial charge in [0.15, 0.2) is 0 Å². The summed E-state index contributed by atoms with van der Waals surface area (Å²) in [4.78, 5) is 36.7. The minimum atomic E-state index is -0.460. The van der Waals surface area contributed by atoms with Crippen molar-refractivity contribution < 1.29 is 19.1 Å². The maximum absolute atomic E-state index is 12.2. The molecule has 2 atom stereocenters. The summed E-state index contributed by atoms with van der Waals surface area (Å²) in [6, 6.07) is 7.11. The second-order valence-electron chi connectivity index (χ2n) is 6.12. The average Bonchev–Trinajstić information content (AvgIpc) is 3.18. The monoisotopic (exact) mass is 331 g/mol. The average molecular weight is 331 g/mol. The fraction of sp³-hybridized carbons (Fsp3) is 0.471. The zero-order valence-electron chi connectivity index (χ0n) is 13.4. The lowest BCUT2D eigenvalue weighted by atomic mass is 10.1. The lowest BCUT2D eigenvalue weighted by Crippen LogP contribution is -2.30. The van der Waals surface area contributed by atoms with E-state index in [0.717, 1.165) is 12.0 Å². The minimum absolute atomic E-state index is 0.0429. The number of nitrogens with two attached hydrogens (primary N) is 1. The first-order chi connectivity index (χ1) is 11.6. The molecule has 0 aromatic heterocycles. The number of rotatable bonds is 5. The van der Waals surface area contributed by atoms with Gasteiger partial charge >= 0.3 is 0 Å². The van der Waals surface area contributed by atoms with Gasteiger partial charge in [-0.2, -0.15) is 0 Å². The highest BCUT2D eigenvalue weighted by molar-refractivity contribution is 6.01. The van der Waals surface area contributed by atoms with Crippen LogP contribution >= 0.6 is 0 Å². The minimum Gasteiger partial charge on any atom is -0.364 e. The fourth-order valence-corrected chi connectivity index (χ4v) is 2.97. The van der Waals surface area contributed by atoms with Gasteiger partial charge in [-0.15, -0.1) is 0 Å². The number of hydrogen-bond donors (Lipinski definition) is 2. The lowest BCUT2D eigenvalue weighted by Gasteiger charge is -2.15. The first-order valence-corrected chi connectivity index (χ1v) is 8.15. The second kappa shape index (κ2) is 7.11. The van der Waals surface area contributed by atoms with Crippen molar-refractivity contribution in [1.29, 1.82) is 0 Å². The summed E-state index contributed by atoms with van der Waals surface area (Å²) < 4.78 is 5.56. The third kappa shape index (κ3) is 3.63. The van der Waals surface area contributed by atoms with Crippen LogP contribution in [0.15, 0.2) is 24.3 Å². The van der Waals surface area contributed by atoms with Crippen LogP contribution in [0.1, 0.15) is 31.2 Å². The summed E-state index contributed by atoms with van der Waals surface area (Å²) in [6.07, 6.45) is 1.55. The number of hydrogen-bond acceptors (Lipinski definition) is 5. The summed E-state index contributed by atoms with van der Waals surface area (Å²) in [7, 11) is 0. The molecule has 7 nitrogen and oxygen atoms in total. The first kappa shape index (κ1) is 16.6. The summed E-state index contributed by atoms with van der Waals surface area (Å²) in [5.74, 6) is -0.445. The molecule has 0 saturated carbocycles. The summed E-state index contributed by atoms with van der Waals surface area (Å²) in [5.41, 5.74) is 7.04. The summed E-state index contributed by atoms with van der Waals surface area (Å²) in [5, 5.41) is 2.81.